The molecule has 0 aromatic rings. The highest BCUT2D eigenvalue weighted by Crippen LogP contribution is 2.28. The lowest BCUT2D eigenvalue weighted by atomic mass is 9.93. The van der Waals surface area contributed by atoms with Crippen LogP contribution < -0.4 is 11.1 Å². The average Bonchev–Trinajstić information content (AvgIpc) is 2.25. The Balaban J connectivity index is 2.55. The van der Waals surface area contributed by atoms with Crippen LogP contribution in [0.25, 0.3) is 0 Å². The molecule has 106 valence electrons. The lowest BCUT2D eigenvalue weighted by Crippen LogP contribution is -2.63. The number of alkyl halides is 3. The maximum Gasteiger partial charge on any atom is 0.415 e. The van der Waals surface area contributed by atoms with Gasteiger partial charge in [-0.05, 0) is 6.92 Å². The standard InChI is InChI=1S/C10H17F3N2O3/c1-8(14,10(11,12)13)7(16)15-6-9(17)2-4-18-5-3-9/h17H,2-6,14H2,1H3,(H,15,16). The van der Waals surface area contributed by atoms with Crippen molar-refractivity contribution < 1.29 is 27.8 Å². The largest absolute Gasteiger partial charge is 0.415 e. The van der Waals surface area contributed by atoms with Crippen molar-refractivity contribution in [2.24, 2.45) is 5.73 Å². The molecule has 0 radical (unpaired) electrons. The van der Waals surface area contributed by atoms with E-state index in [1.807, 2.05) is 0 Å². The zero-order valence-corrected chi connectivity index (χ0v) is 10.0. The summed E-state index contributed by atoms with van der Waals surface area (Å²) in [4.78, 5) is 11.4. The molecule has 0 bridgehead atoms. The van der Waals surface area contributed by atoms with E-state index in [2.05, 4.69) is 5.32 Å². The van der Waals surface area contributed by atoms with E-state index in [4.69, 9.17) is 10.5 Å². The molecule has 0 saturated carbocycles. The number of carbonyl (C=O) groups is 1. The summed E-state index contributed by atoms with van der Waals surface area (Å²) >= 11 is 0. The van der Waals surface area contributed by atoms with Crippen molar-refractivity contribution in [1.82, 2.24) is 5.32 Å². The number of hydrogen-bond acceptors (Lipinski definition) is 4. The second-order valence-electron chi connectivity index (χ2n) is 4.72. The third-order valence-corrected chi connectivity index (χ3v) is 3.06. The number of aliphatic hydroxyl groups is 1. The summed E-state index contributed by atoms with van der Waals surface area (Å²) in [5, 5.41) is 12.0. The first-order chi connectivity index (χ1) is 8.08. The number of halogens is 3. The highest BCUT2D eigenvalue weighted by atomic mass is 19.4. The summed E-state index contributed by atoms with van der Waals surface area (Å²) in [5.74, 6) is -1.35. The fourth-order valence-electron chi connectivity index (χ4n) is 1.49. The van der Waals surface area contributed by atoms with Crippen LogP contribution >= 0.6 is 0 Å². The second kappa shape index (κ2) is 5.02. The lowest BCUT2D eigenvalue weighted by Gasteiger charge is -2.34. The molecule has 8 heteroatoms. The first-order valence-electron chi connectivity index (χ1n) is 5.52. The van der Waals surface area contributed by atoms with Crippen molar-refractivity contribution in [2.75, 3.05) is 19.8 Å². The molecule has 1 heterocycles. The van der Waals surface area contributed by atoms with Gasteiger partial charge < -0.3 is 20.9 Å². The van der Waals surface area contributed by atoms with Gasteiger partial charge in [-0.2, -0.15) is 13.2 Å². The molecule has 1 aliphatic rings. The van der Waals surface area contributed by atoms with Gasteiger partial charge in [0.2, 0.25) is 5.91 Å². The number of hydrogen-bond donors (Lipinski definition) is 3. The summed E-state index contributed by atoms with van der Waals surface area (Å²) in [5.41, 5.74) is 0.762. The van der Waals surface area contributed by atoms with Gasteiger partial charge in [0.1, 0.15) is 0 Å². The highest BCUT2D eigenvalue weighted by Gasteiger charge is 2.54. The van der Waals surface area contributed by atoms with Crippen LogP contribution in [0.3, 0.4) is 0 Å². The zero-order chi connectivity index (χ0) is 14.0. The monoisotopic (exact) mass is 270 g/mol. The van der Waals surface area contributed by atoms with Gasteiger partial charge in [-0.3, -0.25) is 4.79 Å². The molecule has 1 atom stereocenters. The topological polar surface area (TPSA) is 84.6 Å². The predicted molar refractivity (Wildman–Crippen MR) is 56.7 cm³/mol. The molecule has 0 aliphatic carbocycles. The maximum absolute atomic E-state index is 12.5. The fourth-order valence-corrected chi connectivity index (χ4v) is 1.49. The van der Waals surface area contributed by atoms with Crippen LogP contribution in [0.4, 0.5) is 13.2 Å². The van der Waals surface area contributed by atoms with Crippen molar-refractivity contribution in [2.45, 2.75) is 37.1 Å². The Labute approximate surface area is 102 Å². The Morgan fingerprint density at radius 3 is 2.39 bits per heavy atom. The highest BCUT2D eigenvalue weighted by molar-refractivity contribution is 5.86. The zero-order valence-electron chi connectivity index (χ0n) is 10.0. The first kappa shape index (κ1) is 15.2. The molecule has 0 aromatic heterocycles. The summed E-state index contributed by atoms with van der Waals surface area (Å²) in [6, 6.07) is 0. The minimum absolute atomic E-state index is 0.264. The van der Waals surface area contributed by atoms with E-state index in [9.17, 15) is 23.1 Å². The second-order valence-corrected chi connectivity index (χ2v) is 4.72. The van der Waals surface area contributed by atoms with E-state index in [-0.39, 0.29) is 19.4 Å². The molecule has 5 nitrogen and oxygen atoms in total. The molecule has 1 saturated heterocycles. The van der Waals surface area contributed by atoms with E-state index in [1.54, 1.807) is 0 Å². The van der Waals surface area contributed by atoms with E-state index in [1.165, 1.54) is 0 Å². The molecule has 1 rings (SSSR count). The van der Waals surface area contributed by atoms with Gasteiger partial charge in [0, 0.05) is 32.6 Å². The minimum Gasteiger partial charge on any atom is -0.388 e. The van der Waals surface area contributed by atoms with Crippen LogP contribution in [0.15, 0.2) is 0 Å². The molecular weight excluding hydrogens is 253 g/mol. The Morgan fingerprint density at radius 1 is 1.44 bits per heavy atom. The smallest absolute Gasteiger partial charge is 0.388 e. The van der Waals surface area contributed by atoms with Gasteiger partial charge in [-0.25, -0.2) is 0 Å². The third kappa shape index (κ3) is 3.33. The molecule has 0 spiro atoms. The predicted octanol–water partition coefficient (Wildman–Crippen LogP) is -0.0762. The van der Waals surface area contributed by atoms with Crippen molar-refractivity contribution in [3.8, 4) is 0 Å². The van der Waals surface area contributed by atoms with Gasteiger partial charge in [0.15, 0.2) is 5.54 Å². The van der Waals surface area contributed by atoms with E-state index < -0.39 is 23.2 Å². The Kier molecular flexibility index (Phi) is 4.24. The third-order valence-electron chi connectivity index (χ3n) is 3.06. The number of carbonyl (C=O) groups excluding carboxylic acids is 1. The quantitative estimate of drug-likeness (QED) is 0.670. The van der Waals surface area contributed by atoms with Gasteiger partial charge in [0.25, 0.3) is 0 Å². The van der Waals surface area contributed by atoms with Crippen molar-refractivity contribution in [3.63, 3.8) is 0 Å². The average molecular weight is 270 g/mol. The van der Waals surface area contributed by atoms with Crippen molar-refractivity contribution in [3.05, 3.63) is 0 Å². The molecule has 4 N–H and O–H groups in total. The number of amides is 1. The van der Waals surface area contributed by atoms with Crippen LogP contribution in [0.5, 0.6) is 0 Å². The van der Waals surface area contributed by atoms with Crippen LogP contribution in [0, 0.1) is 0 Å². The molecule has 1 aliphatic heterocycles. The Hall–Kier alpha value is -0.860. The van der Waals surface area contributed by atoms with Gasteiger partial charge in [0.05, 0.1) is 5.60 Å². The van der Waals surface area contributed by atoms with Crippen LogP contribution in [0.2, 0.25) is 0 Å². The number of ether oxygens (including phenoxy) is 1. The number of nitrogens with one attached hydrogen (secondary N) is 1. The van der Waals surface area contributed by atoms with Crippen LogP contribution in [0.1, 0.15) is 19.8 Å². The van der Waals surface area contributed by atoms with Crippen molar-refractivity contribution in [1.29, 1.82) is 0 Å². The van der Waals surface area contributed by atoms with E-state index in [0.717, 1.165) is 0 Å². The van der Waals surface area contributed by atoms with Gasteiger partial charge >= 0.3 is 6.18 Å². The summed E-state index contributed by atoms with van der Waals surface area (Å²) in [6.07, 6.45) is -4.31. The maximum atomic E-state index is 12.5. The van der Waals surface area contributed by atoms with Gasteiger partial charge in [-0.15, -0.1) is 0 Å². The fraction of sp³-hybridized carbons (Fsp3) is 0.900. The molecule has 1 fully saturated rings. The van der Waals surface area contributed by atoms with Crippen molar-refractivity contribution >= 4 is 5.91 Å². The number of nitrogens with two attached hydrogens (primary N) is 1. The molecule has 0 aromatic carbocycles. The Bertz CT molecular complexity index is 312. The SMILES string of the molecule is CC(N)(C(=O)NCC1(O)CCOCC1)C(F)(F)F. The normalized spacial score (nSPS) is 23.2. The molecule has 1 unspecified atom stereocenters. The van der Waals surface area contributed by atoms with E-state index in [0.29, 0.717) is 20.1 Å². The molecule has 18 heavy (non-hydrogen) atoms. The van der Waals surface area contributed by atoms with Crippen LogP contribution in [-0.2, 0) is 9.53 Å². The molecular formula is C10H17F3N2O3. The minimum atomic E-state index is -4.84. The lowest BCUT2D eigenvalue weighted by molar-refractivity contribution is -0.188. The van der Waals surface area contributed by atoms with E-state index >= 15 is 0 Å². The summed E-state index contributed by atoms with van der Waals surface area (Å²) in [6.45, 7) is 0.950. The summed E-state index contributed by atoms with van der Waals surface area (Å²) in [7, 11) is 0. The number of rotatable bonds is 3. The first-order valence-corrected chi connectivity index (χ1v) is 5.52. The van der Waals surface area contributed by atoms with Crippen LogP contribution in [-0.4, -0.2) is 48.1 Å². The molecule has 1 amide bonds. The Morgan fingerprint density at radius 2 is 1.94 bits per heavy atom. The summed E-state index contributed by atoms with van der Waals surface area (Å²) < 4.78 is 42.4. The van der Waals surface area contributed by atoms with Gasteiger partial charge in [-0.1, -0.05) is 0 Å².